The van der Waals surface area contributed by atoms with Crippen LogP contribution in [0.25, 0.3) is 11.4 Å². The fraction of sp³-hybridized carbons (Fsp3) is 0.111. The number of imidazole rings is 1. The minimum atomic E-state index is -4.45. The molecular formula is C9H7F3N4. The Morgan fingerprint density at radius 1 is 1.25 bits per heavy atom. The van der Waals surface area contributed by atoms with Crippen LogP contribution in [-0.4, -0.2) is 15.0 Å². The largest absolute Gasteiger partial charge is 0.418 e. The quantitative estimate of drug-likeness (QED) is 0.785. The molecule has 0 fully saturated rings. The molecule has 0 atom stereocenters. The van der Waals surface area contributed by atoms with Crippen LogP contribution in [0.5, 0.6) is 0 Å². The maximum absolute atomic E-state index is 12.6. The third-order valence-electron chi connectivity index (χ3n) is 1.96. The van der Waals surface area contributed by atoms with E-state index in [0.29, 0.717) is 0 Å². The van der Waals surface area contributed by atoms with Crippen molar-refractivity contribution in [3.8, 4) is 11.4 Å². The van der Waals surface area contributed by atoms with Crippen molar-refractivity contribution in [2.45, 2.75) is 6.18 Å². The summed E-state index contributed by atoms with van der Waals surface area (Å²) in [6, 6.07) is 2.19. The molecule has 0 saturated carbocycles. The van der Waals surface area contributed by atoms with Crippen molar-refractivity contribution >= 4 is 5.95 Å². The number of H-pyrrole nitrogens is 1. The number of halogens is 3. The molecular weight excluding hydrogens is 221 g/mol. The molecule has 2 aromatic heterocycles. The lowest BCUT2D eigenvalue weighted by atomic mass is 10.1. The molecule has 0 amide bonds. The molecule has 2 rings (SSSR count). The maximum atomic E-state index is 12.6. The van der Waals surface area contributed by atoms with Crippen molar-refractivity contribution in [1.82, 2.24) is 15.0 Å². The molecule has 2 aromatic rings. The monoisotopic (exact) mass is 228 g/mol. The number of nitrogen functional groups attached to an aromatic ring is 1. The topological polar surface area (TPSA) is 67.6 Å². The number of nitrogens with zero attached hydrogens (tertiary/aromatic N) is 2. The van der Waals surface area contributed by atoms with E-state index in [-0.39, 0.29) is 17.3 Å². The average Bonchev–Trinajstić information content (AvgIpc) is 2.64. The van der Waals surface area contributed by atoms with Gasteiger partial charge in [0.2, 0.25) is 0 Å². The van der Waals surface area contributed by atoms with E-state index in [1.54, 1.807) is 0 Å². The van der Waals surface area contributed by atoms with Gasteiger partial charge < -0.3 is 10.7 Å². The minimum Gasteiger partial charge on any atom is -0.369 e. The summed E-state index contributed by atoms with van der Waals surface area (Å²) in [5.41, 5.74) is 4.41. The minimum absolute atomic E-state index is 0.0498. The summed E-state index contributed by atoms with van der Waals surface area (Å²) in [4.78, 5) is 9.82. The summed E-state index contributed by atoms with van der Waals surface area (Å²) in [7, 11) is 0. The first-order valence-electron chi connectivity index (χ1n) is 4.31. The third kappa shape index (κ3) is 1.83. The highest BCUT2D eigenvalue weighted by molar-refractivity contribution is 5.60. The number of aromatic amines is 1. The van der Waals surface area contributed by atoms with Crippen LogP contribution in [0.4, 0.5) is 19.1 Å². The summed E-state index contributed by atoms with van der Waals surface area (Å²) in [6.07, 6.45) is -1.96. The lowest BCUT2D eigenvalue weighted by molar-refractivity contribution is -0.137. The smallest absolute Gasteiger partial charge is 0.369 e. The first kappa shape index (κ1) is 10.5. The van der Waals surface area contributed by atoms with Gasteiger partial charge in [0.05, 0.1) is 17.5 Å². The predicted octanol–water partition coefficient (Wildman–Crippen LogP) is 2.07. The van der Waals surface area contributed by atoms with Gasteiger partial charge >= 0.3 is 6.18 Å². The number of rotatable bonds is 1. The predicted molar refractivity (Wildman–Crippen MR) is 51.2 cm³/mol. The van der Waals surface area contributed by atoms with Crippen molar-refractivity contribution in [2.24, 2.45) is 0 Å². The van der Waals surface area contributed by atoms with Gasteiger partial charge in [0.25, 0.3) is 0 Å². The van der Waals surface area contributed by atoms with E-state index in [1.165, 1.54) is 18.5 Å². The van der Waals surface area contributed by atoms with E-state index in [4.69, 9.17) is 5.73 Å². The molecule has 2 heterocycles. The Balaban J connectivity index is 2.57. The number of hydrogen-bond acceptors (Lipinski definition) is 3. The second-order valence-electron chi connectivity index (χ2n) is 3.08. The lowest BCUT2D eigenvalue weighted by Gasteiger charge is -2.09. The Bertz CT molecular complexity index is 503. The number of aromatic nitrogens is 3. The fourth-order valence-corrected chi connectivity index (χ4v) is 1.31. The lowest BCUT2D eigenvalue weighted by Crippen LogP contribution is -2.08. The SMILES string of the molecule is Nc1ncc(-c2ncccc2C(F)(F)F)[nH]1. The highest BCUT2D eigenvalue weighted by atomic mass is 19.4. The third-order valence-corrected chi connectivity index (χ3v) is 1.96. The molecule has 0 aliphatic rings. The summed E-state index contributed by atoms with van der Waals surface area (Å²) >= 11 is 0. The number of alkyl halides is 3. The van der Waals surface area contributed by atoms with Gasteiger partial charge in [-0.05, 0) is 12.1 Å². The normalized spacial score (nSPS) is 11.7. The number of nitrogens with two attached hydrogens (primary N) is 1. The van der Waals surface area contributed by atoms with Gasteiger partial charge in [-0.1, -0.05) is 0 Å². The molecule has 0 radical (unpaired) electrons. The van der Waals surface area contributed by atoms with Crippen molar-refractivity contribution < 1.29 is 13.2 Å². The van der Waals surface area contributed by atoms with E-state index in [9.17, 15) is 13.2 Å². The highest BCUT2D eigenvalue weighted by Gasteiger charge is 2.34. The molecule has 4 nitrogen and oxygen atoms in total. The number of nitrogens with one attached hydrogen (secondary N) is 1. The molecule has 0 aromatic carbocycles. The Hall–Kier alpha value is -2.05. The molecule has 0 bridgehead atoms. The molecule has 0 spiro atoms. The molecule has 3 N–H and O–H groups in total. The van der Waals surface area contributed by atoms with Crippen molar-refractivity contribution in [1.29, 1.82) is 0 Å². The fourth-order valence-electron chi connectivity index (χ4n) is 1.31. The molecule has 84 valence electrons. The Morgan fingerprint density at radius 2 is 2.00 bits per heavy atom. The van der Waals surface area contributed by atoms with Crippen LogP contribution in [0.3, 0.4) is 0 Å². The van der Waals surface area contributed by atoms with E-state index in [0.717, 1.165) is 6.07 Å². The van der Waals surface area contributed by atoms with Crippen LogP contribution in [0.1, 0.15) is 5.56 Å². The molecule has 0 aliphatic heterocycles. The first-order chi connectivity index (χ1) is 7.48. The van der Waals surface area contributed by atoms with Gasteiger partial charge in [-0.2, -0.15) is 13.2 Å². The second kappa shape index (κ2) is 3.51. The summed E-state index contributed by atoms with van der Waals surface area (Å²) in [5.74, 6) is 0.0498. The maximum Gasteiger partial charge on any atom is 0.418 e. The van der Waals surface area contributed by atoms with Crippen LogP contribution in [0.2, 0.25) is 0 Å². The Kier molecular flexibility index (Phi) is 2.30. The molecule has 0 unspecified atom stereocenters. The standard InChI is InChI=1S/C9H7F3N4/c10-9(11,12)5-2-1-3-14-7(5)6-4-15-8(13)16-6/h1-4H,(H3,13,15,16). The summed E-state index contributed by atoms with van der Waals surface area (Å²) in [5, 5.41) is 0. The zero-order valence-corrected chi connectivity index (χ0v) is 7.92. The Labute approximate surface area is 88.3 Å². The van der Waals surface area contributed by atoms with Crippen LogP contribution in [0.15, 0.2) is 24.5 Å². The number of hydrogen-bond donors (Lipinski definition) is 2. The van der Waals surface area contributed by atoms with Crippen LogP contribution < -0.4 is 5.73 Å². The van der Waals surface area contributed by atoms with Crippen LogP contribution in [-0.2, 0) is 6.18 Å². The second-order valence-corrected chi connectivity index (χ2v) is 3.08. The highest BCUT2D eigenvalue weighted by Crippen LogP contribution is 2.34. The van der Waals surface area contributed by atoms with Gasteiger partial charge in [-0.25, -0.2) is 4.98 Å². The van der Waals surface area contributed by atoms with Crippen molar-refractivity contribution in [2.75, 3.05) is 5.73 Å². The van der Waals surface area contributed by atoms with E-state index < -0.39 is 11.7 Å². The number of pyridine rings is 1. The van der Waals surface area contributed by atoms with Gasteiger partial charge in [-0.15, -0.1) is 0 Å². The van der Waals surface area contributed by atoms with Crippen LogP contribution in [0, 0.1) is 0 Å². The first-order valence-corrected chi connectivity index (χ1v) is 4.31. The van der Waals surface area contributed by atoms with Crippen molar-refractivity contribution in [3.63, 3.8) is 0 Å². The molecule has 0 aliphatic carbocycles. The summed E-state index contributed by atoms with van der Waals surface area (Å²) in [6.45, 7) is 0. The van der Waals surface area contributed by atoms with Crippen LogP contribution >= 0.6 is 0 Å². The van der Waals surface area contributed by atoms with Gasteiger partial charge in [0.15, 0.2) is 5.95 Å². The van der Waals surface area contributed by atoms with Gasteiger partial charge in [-0.3, -0.25) is 4.98 Å². The van der Waals surface area contributed by atoms with Gasteiger partial charge in [0.1, 0.15) is 5.69 Å². The molecule has 0 saturated heterocycles. The van der Waals surface area contributed by atoms with E-state index >= 15 is 0 Å². The Morgan fingerprint density at radius 3 is 2.56 bits per heavy atom. The van der Waals surface area contributed by atoms with Crippen molar-refractivity contribution in [3.05, 3.63) is 30.1 Å². The molecule has 7 heteroatoms. The zero-order chi connectivity index (χ0) is 11.8. The summed E-state index contributed by atoms with van der Waals surface area (Å²) < 4.78 is 37.9. The van der Waals surface area contributed by atoms with E-state index in [1.807, 2.05) is 0 Å². The zero-order valence-electron chi connectivity index (χ0n) is 7.92. The number of anilines is 1. The van der Waals surface area contributed by atoms with E-state index in [2.05, 4.69) is 15.0 Å². The van der Waals surface area contributed by atoms with Gasteiger partial charge in [0, 0.05) is 6.20 Å². The molecule has 16 heavy (non-hydrogen) atoms. The average molecular weight is 228 g/mol.